The van der Waals surface area contributed by atoms with Crippen molar-refractivity contribution in [2.75, 3.05) is 13.6 Å². The molecule has 17 heavy (non-hydrogen) atoms. The Hall–Kier alpha value is -2.04. The number of para-hydroxylation sites is 1. The van der Waals surface area contributed by atoms with Crippen LogP contribution in [0, 0.1) is 0 Å². The predicted molar refractivity (Wildman–Crippen MR) is 62.0 cm³/mol. The van der Waals surface area contributed by atoms with Gasteiger partial charge < -0.3 is 14.7 Å². The van der Waals surface area contributed by atoms with Crippen LogP contribution in [0.1, 0.15) is 12.8 Å². The van der Waals surface area contributed by atoms with Crippen molar-refractivity contribution in [3.05, 3.63) is 30.3 Å². The van der Waals surface area contributed by atoms with Crippen LogP contribution in [0.3, 0.4) is 0 Å². The minimum absolute atomic E-state index is 0.0446. The van der Waals surface area contributed by atoms with E-state index < -0.39 is 12.1 Å². The second kappa shape index (κ2) is 6.52. The molecule has 5 heteroatoms. The number of hydrogen-bond acceptors (Lipinski definition) is 3. The van der Waals surface area contributed by atoms with Gasteiger partial charge >= 0.3 is 12.1 Å². The van der Waals surface area contributed by atoms with E-state index in [1.807, 2.05) is 6.07 Å². The summed E-state index contributed by atoms with van der Waals surface area (Å²) in [5.41, 5.74) is 0. The molecule has 0 unspecified atom stereocenters. The van der Waals surface area contributed by atoms with E-state index in [2.05, 4.69) is 0 Å². The van der Waals surface area contributed by atoms with Crippen LogP contribution in [-0.2, 0) is 4.79 Å². The molecule has 0 radical (unpaired) electrons. The molecule has 0 atom stereocenters. The van der Waals surface area contributed by atoms with Crippen molar-refractivity contribution >= 4 is 12.1 Å². The van der Waals surface area contributed by atoms with Gasteiger partial charge in [-0.25, -0.2) is 4.79 Å². The average molecular weight is 237 g/mol. The lowest BCUT2D eigenvalue weighted by Gasteiger charge is -2.15. The summed E-state index contributed by atoms with van der Waals surface area (Å²) in [7, 11) is 1.58. The Morgan fingerprint density at radius 1 is 1.29 bits per heavy atom. The number of amides is 1. The molecule has 0 bridgehead atoms. The summed E-state index contributed by atoms with van der Waals surface area (Å²) in [5.74, 6) is -0.391. The summed E-state index contributed by atoms with van der Waals surface area (Å²) < 4.78 is 5.07. The number of carboxylic acid groups (broad SMARTS) is 1. The third kappa shape index (κ3) is 5.01. The van der Waals surface area contributed by atoms with Gasteiger partial charge in [0.25, 0.3) is 0 Å². The molecule has 1 aromatic rings. The van der Waals surface area contributed by atoms with Gasteiger partial charge in [-0.1, -0.05) is 18.2 Å². The Bertz CT molecular complexity index is 377. The third-order valence-corrected chi connectivity index (χ3v) is 2.14. The second-order valence-corrected chi connectivity index (χ2v) is 3.60. The van der Waals surface area contributed by atoms with Gasteiger partial charge in [0.05, 0.1) is 0 Å². The number of carboxylic acids is 1. The van der Waals surface area contributed by atoms with Crippen LogP contribution in [-0.4, -0.2) is 35.7 Å². The van der Waals surface area contributed by atoms with Crippen LogP contribution in [0.25, 0.3) is 0 Å². The van der Waals surface area contributed by atoms with Crippen LogP contribution < -0.4 is 4.74 Å². The fourth-order valence-electron chi connectivity index (χ4n) is 1.23. The lowest BCUT2D eigenvalue weighted by molar-refractivity contribution is -0.137. The van der Waals surface area contributed by atoms with Crippen LogP contribution in [0.2, 0.25) is 0 Å². The molecule has 0 aliphatic rings. The molecule has 1 N–H and O–H groups in total. The lowest BCUT2D eigenvalue weighted by atomic mass is 10.3. The van der Waals surface area contributed by atoms with Crippen LogP contribution >= 0.6 is 0 Å². The number of nitrogens with zero attached hydrogens (tertiary/aromatic N) is 1. The highest BCUT2D eigenvalue weighted by molar-refractivity contribution is 5.70. The Labute approximate surface area is 99.6 Å². The predicted octanol–water partition coefficient (Wildman–Crippen LogP) is 1.98. The molecule has 0 spiro atoms. The van der Waals surface area contributed by atoms with E-state index in [1.54, 1.807) is 31.3 Å². The molecular formula is C12H15NO4. The first-order chi connectivity index (χ1) is 8.09. The summed E-state index contributed by atoms with van der Waals surface area (Å²) >= 11 is 0. The van der Waals surface area contributed by atoms with Gasteiger partial charge in [0.2, 0.25) is 0 Å². The molecule has 1 aromatic carbocycles. The molecular weight excluding hydrogens is 222 g/mol. The van der Waals surface area contributed by atoms with E-state index in [0.29, 0.717) is 18.7 Å². The van der Waals surface area contributed by atoms with Gasteiger partial charge in [-0.15, -0.1) is 0 Å². The molecule has 0 aliphatic carbocycles. The summed E-state index contributed by atoms with van der Waals surface area (Å²) in [4.78, 5) is 23.2. The average Bonchev–Trinajstić information content (AvgIpc) is 2.29. The zero-order valence-electron chi connectivity index (χ0n) is 9.63. The van der Waals surface area contributed by atoms with Crippen LogP contribution in [0.5, 0.6) is 5.75 Å². The first-order valence-corrected chi connectivity index (χ1v) is 5.29. The molecule has 0 fully saturated rings. The van der Waals surface area contributed by atoms with Crippen molar-refractivity contribution in [1.82, 2.24) is 4.90 Å². The SMILES string of the molecule is CN(CCCC(=O)O)C(=O)Oc1ccccc1. The van der Waals surface area contributed by atoms with Gasteiger partial charge in [-0.05, 0) is 18.6 Å². The Balaban J connectivity index is 2.34. The first kappa shape index (κ1) is 13.0. The first-order valence-electron chi connectivity index (χ1n) is 5.29. The number of rotatable bonds is 5. The Morgan fingerprint density at radius 3 is 2.53 bits per heavy atom. The summed E-state index contributed by atoms with van der Waals surface area (Å²) in [5, 5.41) is 8.47. The summed E-state index contributed by atoms with van der Waals surface area (Å²) in [6.07, 6.45) is -0.0276. The molecule has 0 saturated carbocycles. The van der Waals surface area contributed by atoms with E-state index in [1.165, 1.54) is 4.90 Å². The molecule has 1 amide bonds. The van der Waals surface area contributed by atoms with Crippen molar-refractivity contribution in [3.63, 3.8) is 0 Å². The molecule has 92 valence electrons. The van der Waals surface area contributed by atoms with E-state index >= 15 is 0 Å². The van der Waals surface area contributed by atoms with Crippen molar-refractivity contribution < 1.29 is 19.4 Å². The van der Waals surface area contributed by atoms with E-state index in [9.17, 15) is 9.59 Å². The maximum Gasteiger partial charge on any atom is 0.414 e. The largest absolute Gasteiger partial charge is 0.481 e. The number of ether oxygens (including phenoxy) is 1. The van der Waals surface area contributed by atoms with Gasteiger partial charge in [-0.2, -0.15) is 0 Å². The Kier molecular flexibility index (Phi) is 5.00. The van der Waals surface area contributed by atoms with Crippen LogP contribution in [0.4, 0.5) is 4.79 Å². The van der Waals surface area contributed by atoms with Crippen molar-refractivity contribution in [3.8, 4) is 5.75 Å². The highest BCUT2D eigenvalue weighted by Gasteiger charge is 2.11. The molecule has 0 heterocycles. The van der Waals surface area contributed by atoms with Crippen molar-refractivity contribution in [2.24, 2.45) is 0 Å². The van der Waals surface area contributed by atoms with E-state index in [0.717, 1.165) is 0 Å². The normalized spacial score (nSPS) is 9.71. The number of carbonyl (C=O) groups excluding carboxylic acids is 1. The maximum atomic E-state index is 11.5. The third-order valence-electron chi connectivity index (χ3n) is 2.14. The quantitative estimate of drug-likeness (QED) is 0.850. The monoisotopic (exact) mass is 237 g/mol. The maximum absolute atomic E-state index is 11.5. The molecule has 1 rings (SSSR count). The topological polar surface area (TPSA) is 66.8 Å². The zero-order chi connectivity index (χ0) is 12.7. The molecule has 0 saturated heterocycles. The molecule has 5 nitrogen and oxygen atoms in total. The highest BCUT2D eigenvalue weighted by atomic mass is 16.6. The van der Waals surface area contributed by atoms with Gasteiger partial charge in [0.1, 0.15) is 5.75 Å². The number of hydrogen-bond donors (Lipinski definition) is 1. The Morgan fingerprint density at radius 2 is 1.94 bits per heavy atom. The standard InChI is InChI=1S/C12H15NO4/c1-13(9-5-8-11(14)15)12(16)17-10-6-3-2-4-7-10/h2-4,6-7H,5,8-9H2,1H3,(H,14,15). The fourth-order valence-corrected chi connectivity index (χ4v) is 1.23. The number of benzene rings is 1. The second-order valence-electron chi connectivity index (χ2n) is 3.60. The number of aliphatic carboxylic acids is 1. The molecule has 0 aliphatic heterocycles. The highest BCUT2D eigenvalue weighted by Crippen LogP contribution is 2.09. The van der Waals surface area contributed by atoms with Crippen molar-refractivity contribution in [1.29, 1.82) is 0 Å². The smallest absolute Gasteiger partial charge is 0.414 e. The van der Waals surface area contributed by atoms with Gasteiger partial charge in [-0.3, -0.25) is 4.79 Å². The van der Waals surface area contributed by atoms with Gasteiger partial charge in [0, 0.05) is 20.0 Å². The fraction of sp³-hybridized carbons (Fsp3) is 0.333. The zero-order valence-corrected chi connectivity index (χ0v) is 9.63. The van der Waals surface area contributed by atoms with Crippen LogP contribution in [0.15, 0.2) is 30.3 Å². The number of carbonyl (C=O) groups is 2. The molecule has 0 aromatic heterocycles. The minimum atomic E-state index is -0.866. The van der Waals surface area contributed by atoms with Gasteiger partial charge in [0.15, 0.2) is 0 Å². The summed E-state index contributed by atoms with van der Waals surface area (Å²) in [6, 6.07) is 8.74. The van der Waals surface area contributed by atoms with E-state index in [-0.39, 0.29) is 6.42 Å². The van der Waals surface area contributed by atoms with E-state index in [4.69, 9.17) is 9.84 Å². The lowest BCUT2D eigenvalue weighted by Crippen LogP contribution is -2.30. The van der Waals surface area contributed by atoms with Crippen molar-refractivity contribution in [2.45, 2.75) is 12.8 Å². The summed E-state index contributed by atoms with van der Waals surface area (Å²) in [6.45, 7) is 0.359. The minimum Gasteiger partial charge on any atom is -0.481 e.